The first kappa shape index (κ1) is 16.8. The molecule has 0 bridgehead atoms. The van der Waals surface area contributed by atoms with E-state index in [4.69, 9.17) is 9.84 Å². The van der Waals surface area contributed by atoms with Gasteiger partial charge in [-0.25, -0.2) is 9.78 Å². The quantitative estimate of drug-likeness (QED) is 0.526. The largest absolute Gasteiger partial charge is 0.503 e. The van der Waals surface area contributed by atoms with Crippen LogP contribution in [0.3, 0.4) is 0 Å². The number of nitrogens with zero attached hydrogens (tertiary/aromatic N) is 2. The van der Waals surface area contributed by atoms with Crippen LogP contribution in [0.25, 0.3) is 0 Å². The van der Waals surface area contributed by atoms with Crippen molar-refractivity contribution in [1.82, 2.24) is 4.98 Å². The number of pyridine rings is 1. The standard InChI is InChI=1S/C15H14BrN3O4/c1-2-23-12-6-9(5-11(16)14(12)20)7-18-19-13-4-3-10(8-17-13)15(21)22/h3-8,20H,2H2,1H3,(H,17,19)(H,21,22)/b18-7+. The molecule has 0 aliphatic heterocycles. The highest BCUT2D eigenvalue weighted by molar-refractivity contribution is 9.10. The predicted molar refractivity (Wildman–Crippen MR) is 89.4 cm³/mol. The van der Waals surface area contributed by atoms with E-state index >= 15 is 0 Å². The van der Waals surface area contributed by atoms with E-state index in [1.807, 2.05) is 6.92 Å². The molecule has 7 nitrogen and oxygen atoms in total. The molecule has 23 heavy (non-hydrogen) atoms. The second kappa shape index (κ2) is 7.59. The van der Waals surface area contributed by atoms with E-state index in [1.165, 1.54) is 24.5 Å². The Morgan fingerprint density at radius 2 is 2.26 bits per heavy atom. The highest BCUT2D eigenvalue weighted by Gasteiger charge is 2.08. The fourth-order valence-electron chi connectivity index (χ4n) is 1.69. The van der Waals surface area contributed by atoms with Crippen LogP contribution in [0.4, 0.5) is 5.82 Å². The Morgan fingerprint density at radius 3 is 2.87 bits per heavy atom. The van der Waals surface area contributed by atoms with Gasteiger partial charge in [0.25, 0.3) is 0 Å². The number of phenols is 1. The van der Waals surface area contributed by atoms with Crippen LogP contribution in [0.15, 0.2) is 40.0 Å². The molecule has 0 amide bonds. The van der Waals surface area contributed by atoms with Gasteiger partial charge in [0.15, 0.2) is 11.5 Å². The van der Waals surface area contributed by atoms with Crippen LogP contribution in [0.5, 0.6) is 11.5 Å². The number of benzene rings is 1. The van der Waals surface area contributed by atoms with Crippen molar-refractivity contribution in [2.24, 2.45) is 5.10 Å². The highest BCUT2D eigenvalue weighted by atomic mass is 79.9. The first-order valence-corrected chi connectivity index (χ1v) is 7.44. The maximum Gasteiger partial charge on any atom is 0.337 e. The molecule has 0 saturated heterocycles. The average Bonchev–Trinajstić information content (AvgIpc) is 2.53. The van der Waals surface area contributed by atoms with Gasteiger partial charge in [0.05, 0.1) is 22.9 Å². The second-order valence-electron chi connectivity index (χ2n) is 4.39. The number of carboxylic acid groups (broad SMARTS) is 1. The topological polar surface area (TPSA) is 104 Å². The van der Waals surface area contributed by atoms with E-state index in [9.17, 15) is 9.90 Å². The number of nitrogens with one attached hydrogen (secondary N) is 1. The Balaban J connectivity index is 2.09. The third-order valence-electron chi connectivity index (χ3n) is 2.75. The number of rotatable bonds is 6. The average molecular weight is 380 g/mol. The van der Waals surface area contributed by atoms with E-state index in [0.29, 0.717) is 28.2 Å². The number of aromatic hydroxyl groups is 1. The van der Waals surface area contributed by atoms with Crippen LogP contribution >= 0.6 is 15.9 Å². The number of hydrogen-bond donors (Lipinski definition) is 3. The van der Waals surface area contributed by atoms with E-state index in [-0.39, 0.29) is 11.3 Å². The fraction of sp³-hybridized carbons (Fsp3) is 0.133. The molecular weight excluding hydrogens is 366 g/mol. The summed E-state index contributed by atoms with van der Waals surface area (Å²) in [6.45, 7) is 2.25. The van der Waals surface area contributed by atoms with E-state index < -0.39 is 5.97 Å². The maximum absolute atomic E-state index is 10.7. The molecule has 1 heterocycles. The minimum atomic E-state index is -1.04. The van der Waals surface area contributed by atoms with Gasteiger partial charge in [-0.2, -0.15) is 5.10 Å². The van der Waals surface area contributed by atoms with Crippen LogP contribution < -0.4 is 10.2 Å². The summed E-state index contributed by atoms with van der Waals surface area (Å²) in [4.78, 5) is 14.7. The molecule has 120 valence electrons. The summed E-state index contributed by atoms with van der Waals surface area (Å²) in [6.07, 6.45) is 2.77. The molecule has 0 unspecified atom stereocenters. The lowest BCUT2D eigenvalue weighted by atomic mass is 10.2. The zero-order chi connectivity index (χ0) is 16.8. The van der Waals surface area contributed by atoms with Crippen molar-refractivity contribution in [1.29, 1.82) is 0 Å². The van der Waals surface area contributed by atoms with Gasteiger partial charge in [-0.1, -0.05) is 0 Å². The van der Waals surface area contributed by atoms with E-state index in [0.717, 1.165) is 0 Å². The number of phenolic OH excluding ortho intramolecular Hbond substituents is 1. The van der Waals surface area contributed by atoms with Crippen LogP contribution in [-0.4, -0.2) is 34.0 Å². The van der Waals surface area contributed by atoms with Crippen molar-refractivity contribution in [3.63, 3.8) is 0 Å². The van der Waals surface area contributed by atoms with Crippen molar-refractivity contribution in [3.8, 4) is 11.5 Å². The normalized spacial score (nSPS) is 10.7. The van der Waals surface area contributed by atoms with Crippen molar-refractivity contribution in [3.05, 3.63) is 46.1 Å². The summed E-state index contributed by atoms with van der Waals surface area (Å²) >= 11 is 3.25. The Kier molecular flexibility index (Phi) is 5.53. The zero-order valence-electron chi connectivity index (χ0n) is 12.2. The van der Waals surface area contributed by atoms with Gasteiger partial charge in [0.2, 0.25) is 0 Å². The molecule has 0 atom stereocenters. The number of carboxylic acids is 1. The van der Waals surface area contributed by atoms with Crippen LogP contribution in [0.2, 0.25) is 0 Å². The summed E-state index contributed by atoms with van der Waals surface area (Å²) < 4.78 is 5.82. The maximum atomic E-state index is 10.7. The molecule has 0 aliphatic carbocycles. The first-order chi connectivity index (χ1) is 11.0. The van der Waals surface area contributed by atoms with Gasteiger partial charge in [-0.3, -0.25) is 5.43 Å². The monoisotopic (exact) mass is 379 g/mol. The third-order valence-corrected chi connectivity index (χ3v) is 3.36. The number of aromatic carboxylic acids is 1. The van der Waals surface area contributed by atoms with Crippen molar-refractivity contribution < 1.29 is 19.7 Å². The number of ether oxygens (including phenoxy) is 1. The first-order valence-electron chi connectivity index (χ1n) is 6.65. The molecule has 0 fully saturated rings. The molecule has 0 spiro atoms. The number of halogens is 1. The van der Waals surface area contributed by atoms with Crippen molar-refractivity contribution in [2.75, 3.05) is 12.0 Å². The lowest BCUT2D eigenvalue weighted by molar-refractivity contribution is 0.0696. The van der Waals surface area contributed by atoms with Crippen LogP contribution in [-0.2, 0) is 0 Å². The van der Waals surface area contributed by atoms with Crippen molar-refractivity contribution in [2.45, 2.75) is 6.92 Å². The molecule has 1 aromatic carbocycles. The minimum absolute atomic E-state index is 0.0304. The van der Waals surface area contributed by atoms with Crippen LogP contribution in [0.1, 0.15) is 22.8 Å². The Bertz CT molecular complexity index is 732. The molecule has 0 radical (unpaired) electrons. The van der Waals surface area contributed by atoms with Gasteiger partial charge in [-0.05, 0) is 52.7 Å². The van der Waals surface area contributed by atoms with Gasteiger partial charge < -0.3 is 14.9 Å². The van der Waals surface area contributed by atoms with Crippen molar-refractivity contribution >= 4 is 33.9 Å². The van der Waals surface area contributed by atoms with Gasteiger partial charge in [0.1, 0.15) is 5.82 Å². The predicted octanol–water partition coefficient (Wildman–Crippen LogP) is 3.09. The molecule has 0 aliphatic rings. The molecule has 1 aromatic heterocycles. The third kappa shape index (κ3) is 4.43. The summed E-state index contributed by atoms with van der Waals surface area (Å²) in [5, 5.41) is 22.6. The highest BCUT2D eigenvalue weighted by Crippen LogP contribution is 2.35. The summed E-state index contributed by atoms with van der Waals surface area (Å²) in [6, 6.07) is 6.27. The zero-order valence-corrected chi connectivity index (χ0v) is 13.7. The number of anilines is 1. The summed E-state index contributed by atoms with van der Waals surface area (Å²) in [5.41, 5.74) is 3.49. The van der Waals surface area contributed by atoms with E-state index in [1.54, 1.807) is 12.1 Å². The fourth-order valence-corrected chi connectivity index (χ4v) is 2.15. The molecule has 2 aromatic rings. The lowest BCUT2D eigenvalue weighted by Crippen LogP contribution is -1.99. The number of aromatic nitrogens is 1. The Morgan fingerprint density at radius 1 is 1.48 bits per heavy atom. The molecular formula is C15H14BrN3O4. The molecule has 2 rings (SSSR count). The van der Waals surface area contributed by atoms with Gasteiger partial charge in [0, 0.05) is 6.20 Å². The smallest absolute Gasteiger partial charge is 0.337 e. The SMILES string of the molecule is CCOc1cc(/C=N/Nc2ccc(C(=O)O)cn2)cc(Br)c1O. The van der Waals surface area contributed by atoms with Gasteiger partial charge >= 0.3 is 5.97 Å². The summed E-state index contributed by atoms with van der Waals surface area (Å²) in [5.74, 6) is -0.241. The van der Waals surface area contributed by atoms with Gasteiger partial charge in [-0.15, -0.1) is 0 Å². The molecule has 8 heteroatoms. The lowest BCUT2D eigenvalue weighted by Gasteiger charge is -2.08. The van der Waals surface area contributed by atoms with E-state index in [2.05, 4.69) is 31.4 Å². The summed E-state index contributed by atoms with van der Waals surface area (Å²) in [7, 11) is 0. The number of carbonyl (C=O) groups is 1. The molecule has 3 N–H and O–H groups in total. The number of hydrogen-bond acceptors (Lipinski definition) is 6. The Hall–Kier alpha value is -2.61. The van der Waals surface area contributed by atoms with Crippen LogP contribution in [0, 0.1) is 0 Å². The second-order valence-corrected chi connectivity index (χ2v) is 5.24. The number of hydrazone groups is 1. The Labute approximate surface area is 140 Å². The minimum Gasteiger partial charge on any atom is -0.503 e. The molecule has 0 saturated carbocycles.